The lowest BCUT2D eigenvalue weighted by Crippen LogP contribution is -3.00. The minimum Gasteiger partial charge on any atom is -1.00 e. The van der Waals surface area contributed by atoms with E-state index >= 15 is 0 Å². The van der Waals surface area contributed by atoms with Gasteiger partial charge in [0.2, 0.25) is 19.3 Å². The quantitative estimate of drug-likeness (QED) is 0.220. The fourth-order valence-corrected chi connectivity index (χ4v) is 3.61. The van der Waals surface area contributed by atoms with E-state index in [1.165, 1.54) is 22.1 Å². The lowest BCUT2D eigenvalue weighted by Gasteiger charge is -1.96. The first-order valence-electron chi connectivity index (χ1n) is 9.24. The highest BCUT2D eigenvalue weighted by atomic mass is 79.9. The highest BCUT2D eigenvalue weighted by molar-refractivity contribution is 5.72. The Morgan fingerprint density at radius 3 is 1.52 bits per heavy atom. The molecule has 2 aromatic heterocycles. The molecule has 8 heteroatoms. The predicted octanol–water partition coefficient (Wildman–Crippen LogP) is -4.02. The summed E-state index contributed by atoms with van der Waals surface area (Å²) in [4.78, 5) is 0. The van der Waals surface area contributed by atoms with Crippen molar-refractivity contribution in [2.24, 2.45) is 0 Å². The average molecular weight is 526 g/mol. The molecule has 6 nitrogen and oxygen atoms in total. The summed E-state index contributed by atoms with van der Waals surface area (Å²) >= 11 is 0. The van der Waals surface area contributed by atoms with E-state index in [1.54, 1.807) is 14.2 Å². The van der Waals surface area contributed by atoms with Gasteiger partial charge >= 0.3 is 0 Å². The third kappa shape index (κ3) is 4.88. The van der Waals surface area contributed by atoms with Crippen LogP contribution >= 0.6 is 0 Å². The van der Waals surface area contributed by atoms with Gasteiger partial charge in [-0.2, -0.15) is 9.13 Å². The van der Waals surface area contributed by atoms with Crippen LogP contribution in [0.25, 0.3) is 22.1 Å². The zero-order chi connectivity index (χ0) is 18.6. The van der Waals surface area contributed by atoms with E-state index < -0.39 is 0 Å². The zero-order valence-corrected chi connectivity index (χ0v) is 19.8. The molecule has 0 aliphatic heterocycles. The van der Waals surface area contributed by atoms with E-state index in [4.69, 9.17) is 9.47 Å². The van der Waals surface area contributed by atoms with Crippen molar-refractivity contribution in [1.82, 2.24) is 9.13 Å². The Bertz CT molecular complexity index is 977. The van der Waals surface area contributed by atoms with Gasteiger partial charge in [0.05, 0.1) is 13.2 Å². The molecule has 0 fully saturated rings. The maximum Gasteiger partial charge on any atom is 0.248 e. The molecule has 0 amide bonds. The second kappa shape index (κ2) is 10.9. The number of ether oxygens (including phenoxy) is 2. The first-order chi connectivity index (χ1) is 13.3. The summed E-state index contributed by atoms with van der Waals surface area (Å²) in [6, 6.07) is 17.0. The Morgan fingerprint density at radius 1 is 0.690 bits per heavy atom. The molecule has 2 heterocycles. The van der Waals surface area contributed by atoms with Gasteiger partial charge in [0, 0.05) is 14.2 Å². The number of rotatable bonds is 8. The molecule has 0 saturated heterocycles. The van der Waals surface area contributed by atoms with Gasteiger partial charge in [-0.3, -0.25) is 0 Å². The van der Waals surface area contributed by atoms with Gasteiger partial charge in [0.15, 0.2) is 22.1 Å². The molecule has 29 heavy (non-hydrogen) atoms. The molecule has 4 aromatic rings. The molecule has 156 valence electrons. The number of nitrogens with zero attached hydrogens (tertiary/aromatic N) is 4. The Morgan fingerprint density at radius 2 is 1.10 bits per heavy atom. The molecule has 0 bridgehead atoms. The van der Waals surface area contributed by atoms with Crippen molar-refractivity contribution < 1.29 is 52.6 Å². The number of hydrogen-bond donors (Lipinski definition) is 0. The molecule has 0 aliphatic carbocycles. The monoisotopic (exact) mass is 524 g/mol. The average Bonchev–Trinajstić information content (AvgIpc) is 3.24. The van der Waals surface area contributed by atoms with Crippen LogP contribution in [0.3, 0.4) is 0 Å². The van der Waals surface area contributed by atoms with Crippen LogP contribution in [0.1, 0.15) is 0 Å². The maximum atomic E-state index is 5.27. The highest BCUT2D eigenvalue weighted by Crippen LogP contribution is 2.12. The largest absolute Gasteiger partial charge is 1.00 e. The summed E-state index contributed by atoms with van der Waals surface area (Å²) in [5, 5.41) is 0. The highest BCUT2D eigenvalue weighted by Gasteiger charge is 2.20. The van der Waals surface area contributed by atoms with Crippen LogP contribution in [0.5, 0.6) is 0 Å². The van der Waals surface area contributed by atoms with Gasteiger partial charge in [-0.1, -0.05) is 24.3 Å². The second-order valence-electron chi connectivity index (χ2n) is 6.66. The third-order valence-corrected chi connectivity index (χ3v) is 4.94. The molecule has 0 spiro atoms. The van der Waals surface area contributed by atoms with E-state index in [0.29, 0.717) is 13.2 Å². The number of fused-ring (bicyclic) bond motifs is 2. The lowest BCUT2D eigenvalue weighted by atomic mass is 10.3. The third-order valence-electron chi connectivity index (χ3n) is 4.94. The van der Waals surface area contributed by atoms with E-state index in [9.17, 15) is 0 Å². The molecule has 0 atom stereocenters. The maximum absolute atomic E-state index is 5.27. The Balaban J connectivity index is 0.00000150. The first kappa shape index (κ1) is 23.5. The van der Waals surface area contributed by atoms with Crippen molar-refractivity contribution in [3.63, 3.8) is 0 Å². The molecule has 4 rings (SSSR count). The van der Waals surface area contributed by atoms with Crippen molar-refractivity contribution in [2.45, 2.75) is 19.8 Å². The summed E-state index contributed by atoms with van der Waals surface area (Å²) < 4.78 is 19.6. The van der Waals surface area contributed by atoms with Crippen molar-refractivity contribution >= 4 is 22.1 Å². The lowest BCUT2D eigenvalue weighted by molar-refractivity contribution is -0.890. The number of aromatic nitrogens is 4. The second-order valence-corrected chi connectivity index (χ2v) is 6.66. The predicted molar refractivity (Wildman–Crippen MR) is 103 cm³/mol. The number of methoxy groups -OCH3 is 2. The van der Waals surface area contributed by atoms with E-state index in [2.05, 4.69) is 79.5 Å². The molecule has 0 unspecified atom stereocenters. The molecule has 0 aliphatic rings. The van der Waals surface area contributed by atoms with E-state index in [0.717, 1.165) is 19.8 Å². The van der Waals surface area contributed by atoms with Crippen molar-refractivity contribution in [1.29, 1.82) is 0 Å². The molecule has 2 aromatic carbocycles. The number of halogens is 2. The minimum absolute atomic E-state index is 0. The number of benzene rings is 2. The zero-order valence-electron chi connectivity index (χ0n) is 16.7. The fraction of sp³-hybridized carbons (Fsp3) is 0.333. The topological polar surface area (TPSA) is 36.1 Å². The van der Waals surface area contributed by atoms with Crippen molar-refractivity contribution in [2.75, 3.05) is 27.4 Å². The smallest absolute Gasteiger partial charge is 0.248 e. The molecular weight excluding hydrogens is 500 g/mol. The van der Waals surface area contributed by atoms with Crippen LogP contribution in [0.4, 0.5) is 0 Å². The Labute approximate surface area is 191 Å². The standard InChI is InChI=1S/C21H26N4O2.2BrH/c1-26-13-11-22-15-24(20-9-5-3-7-18(20)22)17-25-16-23(12-14-27-2)19-8-4-6-10-21(19)25;;/h3-10,15-16H,11-14,17H2,1-2H3;2*1H/q+2;;/p-2. The Hall–Kier alpha value is -1.74. The normalized spacial score (nSPS) is 10.8. The van der Waals surface area contributed by atoms with Gasteiger partial charge < -0.3 is 43.4 Å². The fourth-order valence-electron chi connectivity index (χ4n) is 3.61. The summed E-state index contributed by atoms with van der Waals surface area (Å²) in [5.41, 5.74) is 4.88. The number of hydrogen-bond acceptors (Lipinski definition) is 2. The summed E-state index contributed by atoms with van der Waals surface area (Å²) in [6.45, 7) is 3.82. The Kier molecular flexibility index (Phi) is 8.82. The molecular formula is C21H26Br2N4O2. The van der Waals surface area contributed by atoms with Crippen LogP contribution in [0, 0.1) is 0 Å². The van der Waals surface area contributed by atoms with Crippen molar-refractivity contribution in [3.8, 4) is 0 Å². The summed E-state index contributed by atoms with van der Waals surface area (Å²) in [5.74, 6) is 0. The van der Waals surface area contributed by atoms with E-state index in [1.807, 2.05) is 0 Å². The van der Waals surface area contributed by atoms with E-state index in [-0.39, 0.29) is 34.0 Å². The van der Waals surface area contributed by atoms with Crippen LogP contribution < -0.4 is 43.1 Å². The van der Waals surface area contributed by atoms with Gasteiger partial charge in [0.25, 0.3) is 0 Å². The van der Waals surface area contributed by atoms with Gasteiger partial charge in [-0.25, -0.2) is 9.13 Å². The SMILES string of the molecule is COCCn1c[n+](C[n+]2cn(CCOC)c3ccccc32)c2ccccc21.[Br-].[Br-]. The van der Waals surface area contributed by atoms with Crippen LogP contribution in [0.15, 0.2) is 61.2 Å². The van der Waals surface area contributed by atoms with Gasteiger partial charge in [-0.05, 0) is 24.3 Å². The van der Waals surface area contributed by atoms with Crippen LogP contribution in [-0.2, 0) is 29.2 Å². The molecule has 0 saturated carbocycles. The van der Waals surface area contributed by atoms with Crippen molar-refractivity contribution in [3.05, 3.63) is 61.2 Å². The summed E-state index contributed by atoms with van der Waals surface area (Å²) in [6.07, 6.45) is 4.36. The van der Waals surface area contributed by atoms with Gasteiger partial charge in [-0.15, -0.1) is 0 Å². The summed E-state index contributed by atoms with van der Waals surface area (Å²) in [7, 11) is 3.48. The number of imidazole rings is 2. The van der Waals surface area contributed by atoms with Gasteiger partial charge in [0.1, 0.15) is 13.1 Å². The van der Waals surface area contributed by atoms with Crippen LogP contribution in [-0.4, -0.2) is 36.6 Å². The number of para-hydroxylation sites is 4. The molecule has 0 radical (unpaired) electrons. The first-order valence-corrected chi connectivity index (χ1v) is 9.24. The van der Waals surface area contributed by atoms with Crippen LogP contribution in [0.2, 0.25) is 0 Å². The molecule has 0 N–H and O–H groups in total. The minimum atomic E-state index is 0.